The van der Waals surface area contributed by atoms with Gasteiger partial charge in [-0.15, -0.1) is 0 Å². The molecule has 0 amide bonds. The Hall–Kier alpha value is -1.75. The van der Waals surface area contributed by atoms with Crippen LogP contribution in [0.3, 0.4) is 0 Å². The number of hydrogen-bond donors (Lipinski definition) is 1. The molecule has 0 fully saturated rings. The molecule has 1 aromatic carbocycles. The van der Waals surface area contributed by atoms with E-state index < -0.39 is 5.82 Å². The fraction of sp³-hybridized carbons (Fsp3) is 0.167. The number of ether oxygens (including phenoxy) is 1. The monoisotopic (exact) mass is 250 g/mol. The number of aryl methyl sites for hydroxylation is 1. The lowest BCUT2D eigenvalue weighted by Gasteiger charge is -2.09. The molecule has 2 N–H and O–H groups in total. The van der Waals surface area contributed by atoms with Gasteiger partial charge in [0.25, 0.3) is 0 Å². The number of halogens is 1. The Kier molecular flexibility index (Phi) is 2.93. The number of nitrogens with two attached hydrogens (primary N) is 1. The molecule has 1 heterocycles. The second-order valence-corrected chi connectivity index (χ2v) is 4.12. The molecule has 0 unspecified atom stereocenters. The highest BCUT2D eigenvalue weighted by molar-refractivity contribution is 7.80. The third-order valence-corrected chi connectivity index (χ3v) is 2.70. The summed E-state index contributed by atoms with van der Waals surface area (Å²) in [5.41, 5.74) is 6.92. The van der Waals surface area contributed by atoms with Gasteiger partial charge in [0.05, 0.1) is 7.11 Å². The molecule has 2 rings (SSSR count). The molecule has 1 aromatic heterocycles. The standard InChI is InChI=1S/C12H11FN2OS/c1-6-3-10(16-2)8-4-7(12(14)17)5-9(13)11(8)15-6/h3-5H,1-2H3,(H2,14,17). The number of thiocarbonyl (C=S) groups is 1. The van der Waals surface area contributed by atoms with Crippen LogP contribution in [0.15, 0.2) is 18.2 Å². The van der Waals surface area contributed by atoms with E-state index in [-0.39, 0.29) is 10.5 Å². The normalized spacial score (nSPS) is 10.5. The first-order valence-electron chi connectivity index (χ1n) is 4.97. The lowest BCUT2D eigenvalue weighted by atomic mass is 10.1. The second kappa shape index (κ2) is 4.25. The summed E-state index contributed by atoms with van der Waals surface area (Å²) in [6, 6.07) is 4.72. The Morgan fingerprint density at radius 1 is 1.41 bits per heavy atom. The molecule has 0 aliphatic heterocycles. The van der Waals surface area contributed by atoms with Crippen molar-refractivity contribution >= 4 is 28.1 Å². The van der Waals surface area contributed by atoms with Crippen LogP contribution < -0.4 is 10.5 Å². The number of methoxy groups -OCH3 is 1. The van der Waals surface area contributed by atoms with Gasteiger partial charge in [-0.2, -0.15) is 0 Å². The van der Waals surface area contributed by atoms with E-state index in [1.807, 2.05) is 0 Å². The predicted molar refractivity (Wildman–Crippen MR) is 68.9 cm³/mol. The van der Waals surface area contributed by atoms with Gasteiger partial charge in [-0.25, -0.2) is 9.37 Å². The molecule has 2 aromatic rings. The first-order valence-corrected chi connectivity index (χ1v) is 5.38. The average molecular weight is 250 g/mol. The van der Waals surface area contributed by atoms with E-state index >= 15 is 0 Å². The van der Waals surface area contributed by atoms with Crippen molar-refractivity contribution in [1.82, 2.24) is 4.98 Å². The molecule has 0 radical (unpaired) electrons. The molecule has 17 heavy (non-hydrogen) atoms. The third kappa shape index (κ3) is 2.06. The molecule has 0 bridgehead atoms. The van der Waals surface area contributed by atoms with Gasteiger partial charge in [0, 0.05) is 22.7 Å². The smallest absolute Gasteiger partial charge is 0.150 e. The summed E-state index contributed by atoms with van der Waals surface area (Å²) in [6.07, 6.45) is 0. The molecule has 0 saturated heterocycles. The molecule has 0 atom stereocenters. The van der Waals surface area contributed by atoms with Crippen molar-refractivity contribution in [3.8, 4) is 5.75 Å². The van der Waals surface area contributed by atoms with Crippen LogP contribution in [0.5, 0.6) is 5.75 Å². The minimum absolute atomic E-state index is 0.147. The van der Waals surface area contributed by atoms with Crippen molar-refractivity contribution in [3.63, 3.8) is 0 Å². The maximum atomic E-state index is 13.9. The summed E-state index contributed by atoms with van der Waals surface area (Å²) >= 11 is 4.84. The van der Waals surface area contributed by atoms with E-state index in [4.69, 9.17) is 22.7 Å². The number of hydrogen-bond acceptors (Lipinski definition) is 3. The Morgan fingerprint density at radius 2 is 2.12 bits per heavy atom. The number of fused-ring (bicyclic) bond motifs is 1. The summed E-state index contributed by atoms with van der Waals surface area (Å²) in [5.74, 6) is 0.108. The van der Waals surface area contributed by atoms with E-state index in [0.717, 1.165) is 0 Å². The van der Waals surface area contributed by atoms with Crippen molar-refractivity contribution in [2.24, 2.45) is 5.73 Å². The van der Waals surface area contributed by atoms with Crippen LogP contribution in [0.2, 0.25) is 0 Å². The molecule has 5 heteroatoms. The lowest BCUT2D eigenvalue weighted by Crippen LogP contribution is -2.10. The average Bonchev–Trinajstić information content (AvgIpc) is 2.28. The van der Waals surface area contributed by atoms with Crippen molar-refractivity contribution in [2.75, 3.05) is 7.11 Å². The Morgan fingerprint density at radius 3 is 2.71 bits per heavy atom. The first kappa shape index (κ1) is 11.7. The quantitative estimate of drug-likeness (QED) is 0.831. The van der Waals surface area contributed by atoms with Crippen LogP contribution in [0, 0.1) is 12.7 Å². The number of pyridine rings is 1. The molecule has 88 valence electrons. The number of aromatic nitrogens is 1. The number of benzene rings is 1. The summed E-state index contributed by atoms with van der Waals surface area (Å²) in [4.78, 5) is 4.29. The van der Waals surface area contributed by atoms with Crippen molar-refractivity contribution in [1.29, 1.82) is 0 Å². The third-order valence-electron chi connectivity index (χ3n) is 2.46. The van der Waals surface area contributed by atoms with Gasteiger partial charge in [0.1, 0.15) is 22.1 Å². The molecule has 0 saturated carbocycles. The van der Waals surface area contributed by atoms with E-state index in [1.54, 1.807) is 19.1 Å². The van der Waals surface area contributed by atoms with Gasteiger partial charge in [0.15, 0.2) is 0 Å². The van der Waals surface area contributed by atoms with E-state index in [1.165, 1.54) is 13.2 Å². The zero-order chi connectivity index (χ0) is 12.6. The molecule has 0 aliphatic rings. The lowest BCUT2D eigenvalue weighted by molar-refractivity contribution is 0.419. The van der Waals surface area contributed by atoms with Gasteiger partial charge < -0.3 is 10.5 Å². The molecule has 0 aliphatic carbocycles. The molecule has 3 nitrogen and oxygen atoms in total. The highest BCUT2D eigenvalue weighted by Crippen LogP contribution is 2.28. The summed E-state index contributed by atoms with van der Waals surface area (Å²) < 4.78 is 19.1. The van der Waals surface area contributed by atoms with Crippen LogP contribution in [-0.2, 0) is 0 Å². The van der Waals surface area contributed by atoms with Crippen LogP contribution >= 0.6 is 12.2 Å². The Bertz CT molecular complexity index is 613. The van der Waals surface area contributed by atoms with Crippen LogP contribution in [-0.4, -0.2) is 17.1 Å². The van der Waals surface area contributed by atoms with Gasteiger partial charge in [-0.3, -0.25) is 0 Å². The summed E-state index contributed by atoms with van der Waals surface area (Å²) in [7, 11) is 1.53. The zero-order valence-corrected chi connectivity index (χ0v) is 10.3. The van der Waals surface area contributed by atoms with Crippen LogP contribution in [0.25, 0.3) is 10.9 Å². The predicted octanol–water partition coefficient (Wildman–Crippen LogP) is 2.33. The largest absolute Gasteiger partial charge is 0.496 e. The highest BCUT2D eigenvalue weighted by Gasteiger charge is 2.11. The Balaban J connectivity index is 2.86. The fourth-order valence-corrected chi connectivity index (χ4v) is 1.81. The minimum atomic E-state index is -0.452. The van der Waals surface area contributed by atoms with Gasteiger partial charge in [-0.1, -0.05) is 12.2 Å². The van der Waals surface area contributed by atoms with Gasteiger partial charge in [0.2, 0.25) is 0 Å². The summed E-state index contributed by atoms with van der Waals surface area (Å²) in [6.45, 7) is 1.78. The zero-order valence-electron chi connectivity index (χ0n) is 9.45. The van der Waals surface area contributed by atoms with E-state index in [9.17, 15) is 4.39 Å². The number of rotatable bonds is 2. The van der Waals surface area contributed by atoms with Gasteiger partial charge in [-0.05, 0) is 19.1 Å². The van der Waals surface area contributed by atoms with E-state index in [2.05, 4.69) is 4.98 Å². The van der Waals surface area contributed by atoms with Crippen LogP contribution in [0.4, 0.5) is 4.39 Å². The van der Waals surface area contributed by atoms with Crippen molar-refractivity contribution in [2.45, 2.75) is 6.92 Å². The van der Waals surface area contributed by atoms with Gasteiger partial charge >= 0.3 is 0 Å². The highest BCUT2D eigenvalue weighted by atomic mass is 32.1. The van der Waals surface area contributed by atoms with Crippen molar-refractivity contribution < 1.29 is 9.13 Å². The van der Waals surface area contributed by atoms with E-state index in [0.29, 0.717) is 22.4 Å². The maximum absolute atomic E-state index is 13.9. The number of nitrogens with zero attached hydrogens (tertiary/aromatic N) is 1. The van der Waals surface area contributed by atoms with Crippen molar-refractivity contribution in [3.05, 3.63) is 35.3 Å². The molecular formula is C12H11FN2OS. The SMILES string of the molecule is COc1cc(C)nc2c(F)cc(C(N)=S)cc12. The first-order chi connectivity index (χ1) is 8.02. The Labute approximate surface area is 103 Å². The topological polar surface area (TPSA) is 48.1 Å². The minimum Gasteiger partial charge on any atom is -0.496 e. The fourth-order valence-electron chi connectivity index (χ4n) is 1.69. The molecular weight excluding hydrogens is 239 g/mol. The van der Waals surface area contributed by atoms with Crippen LogP contribution in [0.1, 0.15) is 11.3 Å². The molecule has 0 spiro atoms. The maximum Gasteiger partial charge on any atom is 0.150 e. The summed E-state index contributed by atoms with van der Waals surface area (Å²) in [5, 5.41) is 0.570. The second-order valence-electron chi connectivity index (χ2n) is 3.68.